The van der Waals surface area contributed by atoms with Crippen LogP contribution in [-0.2, 0) is 28.8 Å². The van der Waals surface area contributed by atoms with E-state index in [4.69, 9.17) is 28.4 Å². The van der Waals surface area contributed by atoms with Crippen molar-refractivity contribution in [1.82, 2.24) is 0 Å². The molecule has 0 aliphatic rings. The summed E-state index contributed by atoms with van der Waals surface area (Å²) in [5, 5.41) is 0. The molecule has 0 spiro atoms. The number of hydrogen-bond donors (Lipinski definition) is 0. The molecule has 0 radical (unpaired) electrons. The summed E-state index contributed by atoms with van der Waals surface area (Å²) < 4.78 is 43.5. The topological polar surface area (TPSA) is 158 Å². The van der Waals surface area contributed by atoms with Crippen LogP contribution in [0.5, 0.6) is 34.5 Å². The minimum atomic E-state index is -3.62. The third-order valence-electron chi connectivity index (χ3n) is 11.6. The maximum atomic E-state index is 12.7. The van der Waals surface area contributed by atoms with Crippen LogP contribution in [0.3, 0.4) is 0 Å². The van der Waals surface area contributed by atoms with Crippen molar-refractivity contribution in [2.24, 2.45) is 0 Å². The van der Waals surface area contributed by atoms with Gasteiger partial charge in [0.2, 0.25) is 0 Å². The van der Waals surface area contributed by atoms with Crippen LogP contribution >= 0.6 is 0 Å². The summed E-state index contributed by atoms with van der Waals surface area (Å²) in [6.45, 7) is 32.0. The van der Waals surface area contributed by atoms with Crippen molar-refractivity contribution in [2.45, 2.75) is 41.5 Å². The molecule has 0 bridgehead atoms. The molecule has 81 heavy (non-hydrogen) atoms. The Kier molecular flexibility index (Phi) is 20.9. The molecule has 0 atom stereocenters. The minimum absolute atomic E-state index is 0.254. The Hall–Kier alpha value is -7.55. The average Bonchev–Trinajstić information content (AvgIpc) is 3.56. The molecule has 7 aromatic rings. The fraction of sp³-hybridized carbons (Fsp3) is 0.0909. The van der Waals surface area contributed by atoms with E-state index in [1.165, 1.54) is 0 Å². The first-order valence-corrected chi connectivity index (χ1v) is 40.6. The molecule has 15 heteroatoms. The van der Waals surface area contributed by atoms with Crippen molar-refractivity contribution in [1.29, 1.82) is 0 Å². The number of benzene rings is 7. The van der Waals surface area contributed by atoms with Crippen LogP contribution < -0.4 is 57.9 Å². The number of ether oxygens (including phenoxy) is 6. The van der Waals surface area contributed by atoms with Crippen LogP contribution in [0.15, 0.2) is 237 Å². The fourth-order valence-electron chi connectivity index (χ4n) is 7.45. The van der Waals surface area contributed by atoms with Crippen molar-refractivity contribution in [2.75, 3.05) is 0 Å². The Morgan fingerprint density at radius 2 is 0.358 bits per heavy atom. The first kappa shape index (κ1) is 61.1. The predicted octanol–water partition coefficient (Wildman–Crippen LogP) is 6.12. The third kappa shape index (κ3) is 16.3. The molecule has 0 amide bonds. The van der Waals surface area contributed by atoms with E-state index in [0.29, 0.717) is 34.5 Å². The molecule has 7 rings (SSSR count). The van der Waals surface area contributed by atoms with Gasteiger partial charge in [0.25, 0.3) is 0 Å². The quantitative estimate of drug-likeness (QED) is 0.0352. The van der Waals surface area contributed by atoms with Gasteiger partial charge in [0, 0.05) is 0 Å². The third-order valence-corrected chi connectivity index (χ3v) is 39.6. The number of rotatable bonds is 21. The van der Waals surface area contributed by atoms with Crippen molar-refractivity contribution >= 4 is 131 Å². The van der Waals surface area contributed by atoms with E-state index < -0.39 is 101 Å². The SMILES string of the molecule is C=C(C)C(=O)Oc1cc[c]([Bi]([c]2ccc(OC(=O)C(=C)C)cc2)[c]2c[c]([Bi]([c]3ccc(OC(=O)C(=C)C)cc3)[c]3ccc(OC(=O)C(=C)C)cc3)c[c]([Bi]([c]3ccc(OC(=O)C(=C)C)cc3)[c]3ccc(OC(=O)C(=C)C)cc3)c2)cc1. The summed E-state index contributed by atoms with van der Waals surface area (Å²) in [7, 11) is 0. The zero-order valence-corrected chi connectivity index (χ0v) is 56.0. The van der Waals surface area contributed by atoms with Crippen LogP contribution in [-0.4, -0.2) is 101 Å². The summed E-state index contributed by atoms with van der Waals surface area (Å²) in [6, 6.07) is 52.2. The van der Waals surface area contributed by atoms with Gasteiger partial charge in [0.1, 0.15) is 0 Å². The second-order valence-corrected chi connectivity index (χ2v) is 44.6. The van der Waals surface area contributed by atoms with E-state index in [2.05, 4.69) is 57.7 Å². The summed E-state index contributed by atoms with van der Waals surface area (Å²) in [4.78, 5) is 76.3. The molecular weight excluding hydrogens is 1610 g/mol. The Bertz CT molecular complexity index is 3030. The van der Waals surface area contributed by atoms with Gasteiger partial charge in [-0.15, -0.1) is 0 Å². The number of hydrogen-bond acceptors (Lipinski definition) is 12. The Balaban J connectivity index is 1.54. The van der Waals surface area contributed by atoms with Crippen molar-refractivity contribution in [3.63, 3.8) is 0 Å². The van der Waals surface area contributed by atoms with E-state index in [0.717, 1.165) is 29.4 Å². The Labute approximate surface area is 495 Å². The van der Waals surface area contributed by atoms with Gasteiger partial charge in [-0.1, -0.05) is 0 Å². The van der Waals surface area contributed by atoms with Gasteiger partial charge >= 0.3 is 500 Å². The molecule has 0 unspecified atom stereocenters. The first-order chi connectivity index (χ1) is 38.5. The average molecular weight is 1670 g/mol. The molecular formula is C66H57Bi3O12. The van der Waals surface area contributed by atoms with E-state index in [1.807, 2.05) is 72.8 Å². The van der Waals surface area contributed by atoms with E-state index in [1.54, 1.807) is 114 Å². The first-order valence-electron chi connectivity index (χ1n) is 25.0. The molecule has 0 aliphatic heterocycles. The molecule has 0 N–H and O–H groups in total. The van der Waals surface area contributed by atoms with Crippen LogP contribution in [0.2, 0.25) is 0 Å². The molecule has 0 fully saturated rings. The zero-order chi connectivity index (χ0) is 58.7. The van der Waals surface area contributed by atoms with Gasteiger partial charge in [-0.25, -0.2) is 0 Å². The van der Waals surface area contributed by atoms with Crippen molar-refractivity contribution < 1.29 is 57.2 Å². The molecule has 408 valence electrons. The molecule has 0 aromatic heterocycles. The van der Waals surface area contributed by atoms with E-state index in [9.17, 15) is 28.8 Å². The van der Waals surface area contributed by atoms with Crippen LogP contribution in [0, 0.1) is 0 Å². The van der Waals surface area contributed by atoms with Gasteiger partial charge in [-0.3, -0.25) is 0 Å². The molecule has 0 saturated carbocycles. The zero-order valence-electron chi connectivity index (χ0n) is 45.6. The summed E-state index contributed by atoms with van der Waals surface area (Å²) in [6.07, 6.45) is 0. The standard InChI is InChI=1S/6C10H9O2.C6H3.3Bi/c6*1-8(2)10(11)12-9-6-4-3-5-7-9;1-2-4-6-5-3-1;;;/h6*4-7H,1H2,2H3;1,4-5H;;;. The van der Waals surface area contributed by atoms with Crippen LogP contribution in [0.4, 0.5) is 0 Å². The Morgan fingerprint density at radius 1 is 0.235 bits per heavy atom. The molecule has 0 saturated heterocycles. The predicted molar refractivity (Wildman–Crippen MR) is 322 cm³/mol. The molecule has 0 heterocycles. The van der Waals surface area contributed by atoms with E-state index in [-0.39, 0.29) is 33.4 Å². The van der Waals surface area contributed by atoms with Crippen molar-refractivity contribution in [3.05, 3.63) is 237 Å². The second kappa shape index (κ2) is 27.7. The number of carbonyl (C=O) groups excluding carboxylic acids is 6. The van der Waals surface area contributed by atoms with Crippen molar-refractivity contribution in [3.8, 4) is 34.5 Å². The Morgan fingerprint density at radius 3 is 0.469 bits per heavy atom. The molecule has 0 aliphatic carbocycles. The summed E-state index contributed by atoms with van der Waals surface area (Å²) >= 11 is -10.9. The molecule has 7 aromatic carbocycles. The molecule has 12 nitrogen and oxygen atoms in total. The van der Waals surface area contributed by atoms with Gasteiger partial charge in [0.15, 0.2) is 0 Å². The summed E-state index contributed by atoms with van der Waals surface area (Å²) in [5.41, 5.74) is 1.52. The monoisotopic (exact) mass is 1670 g/mol. The van der Waals surface area contributed by atoms with Crippen LogP contribution in [0.25, 0.3) is 0 Å². The number of carbonyl (C=O) groups is 6. The normalized spacial score (nSPS) is 10.8. The number of esters is 6. The second-order valence-electron chi connectivity index (χ2n) is 18.7. The van der Waals surface area contributed by atoms with Gasteiger partial charge in [-0.05, 0) is 0 Å². The van der Waals surface area contributed by atoms with Crippen LogP contribution in [0.1, 0.15) is 41.5 Å². The van der Waals surface area contributed by atoms with Gasteiger partial charge in [0.05, 0.1) is 0 Å². The van der Waals surface area contributed by atoms with Gasteiger partial charge in [-0.2, -0.15) is 0 Å². The maximum absolute atomic E-state index is 12.7. The van der Waals surface area contributed by atoms with E-state index >= 15 is 0 Å². The van der Waals surface area contributed by atoms with Gasteiger partial charge < -0.3 is 0 Å². The fourth-order valence-corrected chi connectivity index (χ4v) is 39.6. The summed E-state index contributed by atoms with van der Waals surface area (Å²) in [5.74, 6) is -1.21.